The van der Waals surface area contributed by atoms with Gasteiger partial charge in [-0.3, -0.25) is 4.57 Å². The smallest absolute Gasteiger partial charge is 0.320 e. The van der Waals surface area contributed by atoms with E-state index in [0.717, 1.165) is 25.7 Å². The molecule has 0 saturated heterocycles. The van der Waals surface area contributed by atoms with E-state index < -0.39 is 7.60 Å². The summed E-state index contributed by atoms with van der Waals surface area (Å²) in [4.78, 5) is 10.4. The van der Waals surface area contributed by atoms with Crippen LogP contribution in [0.4, 0.5) is 0 Å². The van der Waals surface area contributed by atoms with Crippen LogP contribution in [0.3, 0.4) is 0 Å². The first-order valence-electron chi connectivity index (χ1n) is 15.2. The monoisotopic (exact) mass is 516 g/mol. The summed E-state index contributed by atoms with van der Waals surface area (Å²) in [6, 6.07) is 0. The molecule has 0 aliphatic heterocycles. The Morgan fingerprint density at radius 2 is 1.06 bits per heavy atom. The first-order chi connectivity index (χ1) is 16.8. The van der Waals surface area contributed by atoms with Crippen LogP contribution in [0.15, 0.2) is 12.2 Å². The predicted octanol–water partition coefficient (Wildman–Crippen LogP) is 10.0. The van der Waals surface area contributed by atoms with Crippen LogP contribution in [0.25, 0.3) is 0 Å². The van der Waals surface area contributed by atoms with Gasteiger partial charge < -0.3 is 13.9 Å². The zero-order valence-electron chi connectivity index (χ0n) is 24.4. The molecule has 0 aromatic rings. The highest BCUT2D eigenvalue weighted by Crippen LogP contribution is 2.51. The molecule has 0 aliphatic rings. The highest BCUT2D eigenvalue weighted by molar-refractivity contribution is 7.53. The van der Waals surface area contributed by atoms with Gasteiger partial charge in [-0.15, -0.1) is 0 Å². The molecule has 0 rings (SSSR count). The maximum atomic E-state index is 12.7. The summed E-state index contributed by atoms with van der Waals surface area (Å²) in [5.74, 6) is -0.349. The predicted molar refractivity (Wildman–Crippen MR) is 155 cm³/mol. The van der Waals surface area contributed by atoms with Gasteiger partial charge in [0.15, 0.2) is 5.78 Å². The number of nitrogens with zero attached hydrogens (tertiary/aromatic N) is 1. The van der Waals surface area contributed by atoms with Crippen LogP contribution in [0.1, 0.15) is 149 Å². The van der Waals surface area contributed by atoms with E-state index in [-0.39, 0.29) is 5.78 Å². The van der Waals surface area contributed by atoms with Gasteiger partial charge >= 0.3 is 7.60 Å². The van der Waals surface area contributed by atoms with Gasteiger partial charge in [-0.05, 0) is 32.1 Å². The zero-order valence-corrected chi connectivity index (χ0v) is 25.3. The van der Waals surface area contributed by atoms with Gasteiger partial charge in [-0.1, -0.05) is 122 Å². The number of hydrogen-bond acceptors (Lipinski definition) is 2. The molecule has 4 nitrogen and oxygen atoms in total. The fourth-order valence-electron chi connectivity index (χ4n) is 4.77. The van der Waals surface area contributed by atoms with Gasteiger partial charge in [-0.25, -0.2) is 0 Å². The standard InChI is InChI=1S/C30H62NO3P/c1-6-8-9-10-11-12-13-14-15-16-17-18-19-20-21-22-23-24-25-26-27-29-34-35(32,33)30(28-7-2)31(3,4)5/h24-25,30H,6-23,26-29H2,1-5H3/p+1. The lowest BCUT2D eigenvalue weighted by Gasteiger charge is -2.35. The van der Waals surface area contributed by atoms with Crippen molar-refractivity contribution < 1.29 is 18.5 Å². The molecule has 2 unspecified atom stereocenters. The summed E-state index contributed by atoms with van der Waals surface area (Å²) < 4.78 is 18.6. The van der Waals surface area contributed by atoms with Crippen molar-refractivity contribution in [3.8, 4) is 0 Å². The minimum absolute atomic E-state index is 0.349. The molecular formula is C30H63NO3P+. The molecular weight excluding hydrogens is 453 g/mol. The van der Waals surface area contributed by atoms with Gasteiger partial charge in [0.2, 0.25) is 0 Å². The molecule has 0 aliphatic carbocycles. The maximum Gasteiger partial charge on any atom is 0.385 e. The highest BCUT2D eigenvalue weighted by Gasteiger charge is 2.41. The second-order valence-corrected chi connectivity index (χ2v) is 13.5. The summed E-state index contributed by atoms with van der Waals surface area (Å²) >= 11 is 0. The van der Waals surface area contributed by atoms with Crippen LogP contribution in [-0.2, 0) is 9.09 Å². The van der Waals surface area contributed by atoms with Crippen molar-refractivity contribution in [2.45, 2.75) is 154 Å². The van der Waals surface area contributed by atoms with Crippen LogP contribution < -0.4 is 0 Å². The van der Waals surface area contributed by atoms with Gasteiger partial charge in [0.05, 0.1) is 27.7 Å². The second-order valence-electron chi connectivity index (χ2n) is 11.5. The van der Waals surface area contributed by atoms with Crippen molar-refractivity contribution in [3.63, 3.8) is 0 Å². The third-order valence-electron chi connectivity index (χ3n) is 7.00. The van der Waals surface area contributed by atoms with Crippen molar-refractivity contribution in [1.29, 1.82) is 0 Å². The Bertz CT molecular complexity index is 530. The number of quaternary nitrogens is 1. The molecule has 210 valence electrons. The van der Waals surface area contributed by atoms with E-state index in [2.05, 4.69) is 19.1 Å². The Morgan fingerprint density at radius 3 is 1.46 bits per heavy atom. The fraction of sp³-hybridized carbons (Fsp3) is 0.933. The minimum Gasteiger partial charge on any atom is -0.320 e. The third kappa shape index (κ3) is 21.6. The van der Waals surface area contributed by atoms with Crippen molar-refractivity contribution in [3.05, 3.63) is 12.2 Å². The molecule has 0 radical (unpaired) electrons. The Morgan fingerprint density at radius 1 is 0.657 bits per heavy atom. The molecule has 0 fully saturated rings. The molecule has 0 aromatic heterocycles. The first kappa shape index (κ1) is 34.9. The third-order valence-corrected chi connectivity index (χ3v) is 9.26. The number of hydrogen-bond donors (Lipinski definition) is 1. The normalized spacial score (nSPS) is 15.0. The Balaban J connectivity index is 3.49. The number of unbranched alkanes of at least 4 members (excludes halogenated alkanes) is 17. The van der Waals surface area contributed by atoms with Crippen molar-refractivity contribution in [2.75, 3.05) is 27.7 Å². The van der Waals surface area contributed by atoms with Gasteiger partial charge in [0, 0.05) is 6.42 Å². The van der Waals surface area contributed by atoms with E-state index in [1.165, 1.54) is 103 Å². The lowest BCUT2D eigenvalue weighted by atomic mass is 10.0. The van der Waals surface area contributed by atoms with E-state index in [4.69, 9.17) is 4.52 Å². The molecule has 0 bridgehead atoms. The van der Waals surface area contributed by atoms with Gasteiger partial charge in [-0.2, -0.15) is 0 Å². The van der Waals surface area contributed by atoms with Gasteiger partial charge in [0.1, 0.15) is 0 Å². The van der Waals surface area contributed by atoms with Crippen LogP contribution in [0, 0.1) is 0 Å². The number of allylic oxidation sites excluding steroid dienone is 2. The lowest BCUT2D eigenvalue weighted by molar-refractivity contribution is -0.883. The molecule has 5 heteroatoms. The molecule has 35 heavy (non-hydrogen) atoms. The van der Waals surface area contributed by atoms with Gasteiger partial charge in [0.25, 0.3) is 0 Å². The highest BCUT2D eigenvalue weighted by atomic mass is 31.2. The Hall–Kier alpha value is -0.150. The molecule has 2 atom stereocenters. The minimum atomic E-state index is -3.59. The molecule has 0 heterocycles. The van der Waals surface area contributed by atoms with Crippen LogP contribution in [-0.4, -0.2) is 42.9 Å². The van der Waals surface area contributed by atoms with E-state index in [1.807, 2.05) is 28.1 Å². The van der Waals surface area contributed by atoms with Crippen LogP contribution in [0.2, 0.25) is 0 Å². The van der Waals surface area contributed by atoms with E-state index in [0.29, 0.717) is 17.5 Å². The average molecular weight is 517 g/mol. The summed E-state index contributed by atoms with van der Waals surface area (Å²) in [6.07, 6.45) is 31.5. The molecule has 0 saturated carbocycles. The van der Waals surface area contributed by atoms with E-state index in [9.17, 15) is 9.46 Å². The molecule has 0 aromatic carbocycles. The van der Waals surface area contributed by atoms with Crippen molar-refractivity contribution >= 4 is 7.60 Å². The zero-order chi connectivity index (χ0) is 26.3. The summed E-state index contributed by atoms with van der Waals surface area (Å²) in [5.41, 5.74) is 0. The second kappa shape index (κ2) is 23.0. The summed E-state index contributed by atoms with van der Waals surface area (Å²) in [6.45, 7) is 4.69. The Kier molecular flexibility index (Phi) is 22.9. The molecule has 0 amide bonds. The number of rotatable bonds is 26. The van der Waals surface area contributed by atoms with Crippen LogP contribution in [0.5, 0.6) is 0 Å². The quantitative estimate of drug-likeness (QED) is 0.0538. The SMILES string of the molecule is CCCCCCCCCCCCCCCCCCC=CCCCOP(=O)(O)C(CCC)[N+](C)(C)C. The fourth-order valence-corrected chi connectivity index (χ4v) is 6.80. The lowest BCUT2D eigenvalue weighted by Crippen LogP contribution is -2.45. The molecule has 1 N–H and O–H groups in total. The van der Waals surface area contributed by atoms with Crippen molar-refractivity contribution in [2.24, 2.45) is 0 Å². The first-order valence-corrected chi connectivity index (χ1v) is 16.8. The maximum absolute atomic E-state index is 12.7. The topological polar surface area (TPSA) is 46.5 Å². The summed E-state index contributed by atoms with van der Waals surface area (Å²) in [5, 5.41) is 0. The van der Waals surface area contributed by atoms with E-state index in [1.54, 1.807) is 0 Å². The molecule has 0 spiro atoms. The van der Waals surface area contributed by atoms with Crippen LogP contribution >= 0.6 is 7.60 Å². The largest absolute Gasteiger partial charge is 0.385 e. The summed E-state index contributed by atoms with van der Waals surface area (Å²) in [7, 11) is 2.31. The Labute approximate surface area is 220 Å². The van der Waals surface area contributed by atoms with Crippen molar-refractivity contribution in [1.82, 2.24) is 0 Å². The van der Waals surface area contributed by atoms with E-state index >= 15 is 0 Å². The average Bonchev–Trinajstić information content (AvgIpc) is 2.80.